The van der Waals surface area contributed by atoms with Gasteiger partial charge in [0.2, 0.25) is 0 Å². The van der Waals surface area contributed by atoms with E-state index >= 15 is 0 Å². The maximum absolute atomic E-state index is 2.37. The molecule has 0 saturated carbocycles. The summed E-state index contributed by atoms with van der Waals surface area (Å²) >= 11 is 2.37. The van der Waals surface area contributed by atoms with Crippen molar-refractivity contribution in [3.05, 3.63) is 33.4 Å². The van der Waals surface area contributed by atoms with Crippen LogP contribution < -0.4 is 0 Å². The molecule has 0 aliphatic rings. The van der Waals surface area contributed by atoms with E-state index in [9.17, 15) is 0 Å². The van der Waals surface area contributed by atoms with Gasteiger partial charge in [-0.3, -0.25) is 0 Å². The Bertz CT molecular complexity index is 315. The Morgan fingerprint density at radius 2 is 1.10 bits per heavy atom. The molecule has 0 aromatic heterocycles. The van der Waals surface area contributed by atoms with Crippen LogP contribution in [0.1, 0.15) is 83.1 Å². The molecular formula is C19H31I. The normalized spacial score (nSPS) is 10.9. The summed E-state index contributed by atoms with van der Waals surface area (Å²) in [5.74, 6) is 0. The third kappa shape index (κ3) is 9.79. The first-order valence-corrected chi connectivity index (χ1v) is 9.65. The molecule has 20 heavy (non-hydrogen) atoms. The lowest BCUT2D eigenvalue weighted by Crippen LogP contribution is -1.87. The molecule has 0 fully saturated rings. The smallest absolute Gasteiger partial charge is 0.0130 e. The van der Waals surface area contributed by atoms with Crippen LogP contribution >= 0.6 is 22.6 Å². The minimum absolute atomic E-state index is 1.26. The van der Waals surface area contributed by atoms with Gasteiger partial charge in [0.05, 0.1) is 0 Å². The lowest BCUT2D eigenvalue weighted by molar-refractivity contribution is 0.549. The predicted molar refractivity (Wildman–Crippen MR) is 99.3 cm³/mol. The van der Waals surface area contributed by atoms with Gasteiger partial charge in [-0.2, -0.15) is 0 Å². The summed E-state index contributed by atoms with van der Waals surface area (Å²) in [4.78, 5) is 0. The highest BCUT2D eigenvalue weighted by molar-refractivity contribution is 14.1. The van der Waals surface area contributed by atoms with E-state index in [1.165, 1.54) is 86.2 Å². The van der Waals surface area contributed by atoms with Crippen molar-refractivity contribution in [2.45, 2.75) is 84.0 Å². The van der Waals surface area contributed by atoms with Crippen LogP contribution in [0, 0.1) is 3.57 Å². The van der Waals surface area contributed by atoms with Crippen LogP contribution in [-0.2, 0) is 6.42 Å². The Morgan fingerprint density at radius 3 is 1.60 bits per heavy atom. The lowest BCUT2D eigenvalue weighted by atomic mass is 10.0. The van der Waals surface area contributed by atoms with Crippen LogP contribution in [0.3, 0.4) is 0 Å². The molecule has 114 valence electrons. The van der Waals surface area contributed by atoms with Crippen molar-refractivity contribution in [1.82, 2.24) is 0 Å². The van der Waals surface area contributed by atoms with E-state index in [1.54, 1.807) is 0 Å². The zero-order valence-electron chi connectivity index (χ0n) is 13.2. The largest absolute Gasteiger partial charge is 0.0654 e. The molecular weight excluding hydrogens is 355 g/mol. The van der Waals surface area contributed by atoms with Crippen molar-refractivity contribution < 1.29 is 0 Å². The molecule has 0 nitrogen and oxygen atoms in total. The summed E-state index contributed by atoms with van der Waals surface area (Å²) in [5, 5.41) is 0. The SMILES string of the molecule is CCCCCCCCCCCCCc1ccc(I)cc1. The third-order valence-corrected chi connectivity index (χ3v) is 4.70. The van der Waals surface area contributed by atoms with Gasteiger partial charge < -0.3 is 0 Å². The molecule has 0 unspecified atom stereocenters. The Morgan fingerprint density at radius 1 is 0.650 bits per heavy atom. The maximum atomic E-state index is 2.37. The zero-order chi connectivity index (χ0) is 14.5. The fourth-order valence-corrected chi connectivity index (χ4v) is 3.00. The quantitative estimate of drug-likeness (QED) is 0.264. The van der Waals surface area contributed by atoms with E-state index in [0.29, 0.717) is 0 Å². The van der Waals surface area contributed by atoms with E-state index in [-0.39, 0.29) is 0 Å². The molecule has 0 aliphatic heterocycles. The van der Waals surface area contributed by atoms with Gasteiger partial charge in [-0.05, 0) is 53.1 Å². The molecule has 1 aromatic rings. The van der Waals surface area contributed by atoms with Crippen molar-refractivity contribution in [3.8, 4) is 0 Å². The highest BCUT2D eigenvalue weighted by atomic mass is 127. The van der Waals surface area contributed by atoms with Gasteiger partial charge in [0, 0.05) is 3.57 Å². The van der Waals surface area contributed by atoms with Gasteiger partial charge in [-0.1, -0.05) is 83.3 Å². The lowest BCUT2D eigenvalue weighted by Gasteiger charge is -2.03. The van der Waals surface area contributed by atoms with Crippen molar-refractivity contribution in [1.29, 1.82) is 0 Å². The molecule has 0 spiro atoms. The predicted octanol–water partition coefficient (Wildman–Crippen LogP) is 7.14. The van der Waals surface area contributed by atoms with Crippen LogP contribution in [0.4, 0.5) is 0 Å². The van der Waals surface area contributed by atoms with Gasteiger partial charge in [0.25, 0.3) is 0 Å². The summed E-state index contributed by atoms with van der Waals surface area (Å²) < 4.78 is 1.34. The van der Waals surface area contributed by atoms with Crippen LogP contribution in [-0.4, -0.2) is 0 Å². The van der Waals surface area contributed by atoms with Crippen LogP contribution in [0.25, 0.3) is 0 Å². The second-order valence-corrected chi connectivity index (χ2v) is 7.16. The first-order valence-electron chi connectivity index (χ1n) is 8.57. The Labute approximate surface area is 139 Å². The number of aryl methyl sites for hydroxylation is 1. The number of hydrogen-bond acceptors (Lipinski definition) is 0. The molecule has 0 bridgehead atoms. The number of unbranched alkanes of at least 4 members (excludes halogenated alkanes) is 10. The van der Waals surface area contributed by atoms with Crippen molar-refractivity contribution >= 4 is 22.6 Å². The number of benzene rings is 1. The van der Waals surface area contributed by atoms with Gasteiger partial charge in [0.1, 0.15) is 0 Å². The summed E-state index contributed by atoms with van der Waals surface area (Å²) in [5.41, 5.74) is 1.50. The first kappa shape index (κ1) is 18.0. The van der Waals surface area contributed by atoms with Gasteiger partial charge >= 0.3 is 0 Å². The van der Waals surface area contributed by atoms with E-state index in [0.717, 1.165) is 0 Å². The van der Waals surface area contributed by atoms with Gasteiger partial charge in [-0.25, -0.2) is 0 Å². The standard InChI is InChI=1S/C19H31I/c1-2-3-4-5-6-7-8-9-10-11-12-13-18-14-16-19(20)17-15-18/h14-17H,2-13H2,1H3. The van der Waals surface area contributed by atoms with E-state index in [1.807, 2.05) is 0 Å². The van der Waals surface area contributed by atoms with Crippen LogP contribution in [0.5, 0.6) is 0 Å². The summed E-state index contributed by atoms with van der Waals surface area (Å²) in [6, 6.07) is 8.99. The van der Waals surface area contributed by atoms with Crippen LogP contribution in [0.2, 0.25) is 0 Å². The van der Waals surface area contributed by atoms with Gasteiger partial charge in [-0.15, -0.1) is 0 Å². The van der Waals surface area contributed by atoms with E-state index < -0.39 is 0 Å². The summed E-state index contributed by atoms with van der Waals surface area (Å²) in [7, 11) is 0. The van der Waals surface area contributed by atoms with Crippen molar-refractivity contribution in [2.24, 2.45) is 0 Å². The average molecular weight is 386 g/mol. The number of rotatable bonds is 12. The number of halogens is 1. The highest BCUT2D eigenvalue weighted by Crippen LogP contribution is 2.13. The third-order valence-electron chi connectivity index (χ3n) is 3.98. The molecule has 0 amide bonds. The second kappa shape index (κ2) is 12.7. The van der Waals surface area contributed by atoms with E-state index in [2.05, 4.69) is 53.8 Å². The molecule has 1 rings (SSSR count). The topological polar surface area (TPSA) is 0 Å². The van der Waals surface area contributed by atoms with Crippen molar-refractivity contribution in [2.75, 3.05) is 0 Å². The molecule has 1 aromatic carbocycles. The fraction of sp³-hybridized carbons (Fsp3) is 0.684. The Hall–Kier alpha value is -0.0500. The van der Waals surface area contributed by atoms with E-state index in [4.69, 9.17) is 0 Å². The maximum Gasteiger partial charge on any atom is 0.0130 e. The fourth-order valence-electron chi connectivity index (χ4n) is 2.64. The van der Waals surface area contributed by atoms with Gasteiger partial charge in [0.15, 0.2) is 0 Å². The number of hydrogen-bond donors (Lipinski definition) is 0. The highest BCUT2D eigenvalue weighted by Gasteiger charge is 1.95. The molecule has 0 N–H and O–H groups in total. The molecule has 0 saturated heterocycles. The molecule has 0 aliphatic carbocycles. The average Bonchev–Trinajstić information content (AvgIpc) is 2.47. The monoisotopic (exact) mass is 386 g/mol. The summed E-state index contributed by atoms with van der Waals surface area (Å²) in [6.07, 6.45) is 17.0. The minimum atomic E-state index is 1.26. The molecule has 1 heteroatoms. The minimum Gasteiger partial charge on any atom is -0.0654 e. The molecule has 0 heterocycles. The first-order chi connectivity index (χ1) is 9.83. The molecule has 0 atom stereocenters. The second-order valence-electron chi connectivity index (χ2n) is 5.91. The molecule has 0 radical (unpaired) electrons. The Balaban J connectivity index is 1.84. The summed E-state index contributed by atoms with van der Waals surface area (Å²) in [6.45, 7) is 2.29. The van der Waals surface area contributed by atoms with Crippen molar-refractivity contribution in [3.63, 3.8) is 0 Å². The zero-order valence-corrected chi connectivity index (χ0v) is 15.3. The Kier molecular flexibility index (Phi) is 11.4. The van der Waals surface area contributed by atoms with Crippen LogP contribution in [0.15, 0.2) is 24.3 Å².